The van der Waals surface area contributed by atoms with Crippen molar-refractivity contribution in [2.24, 2.45) is 7.05 Å². The molecule has 9 nitrogen and oxygen atoms in total. The van der Waals surface area contributed by atoms with Crippen molar-refractivity contribution in [2.75, 3.05) is 5.32 Å². The standard InChI is InChI=1S/C11H7ClN6O3/c1-17-5-6(3-13)10(16-17)15-11(19)7-2-9(12)14-4-8(7)18(20)21/h2,4-5H,1H3,(H,15,16,19). The maximum Gasteiger partial charge on any atom is 0.300 e. The molecule has 0 fully saturated rings. The van der Waals surface area contributed by atoms with Gasteiger partial charge in [0.15, 0.2) is 5.82 Å². The third-order valence-corrected chi connectivity index (χ3v) is 2.68. The number of nitro groups is 1. The van der Waals surface area contributed by atoms with Gasteiger partial charge in [0.05, 0.1) is 4.92 Å². The van der Waals surface area contributed by atoms with E-state index in [2.05, 4.69) is 15.4 Å². The van der Waals surface area contributed by atoms with E-state index >= 15 is 0 Å². The van der Waals surface area contributed by atoms with Gasteiger partial charge >= 0.3 is 0 Å². The fourth-order valence-electron chi connectivity index (χ4n) is 1.59. The van der Waals surface area contributed by atoms with Crippen LogP contribution in [0.25, 0.3) is 0 Å². The zero-order chi connectivity index (χ0) is 15.6. The van der Waals surface area contributed by atoms with Crippen molar-refractivity contribution in [2.45, 2.75) is 0 Å². The Kier molecular flexibility index (Phi) is 3.82. The van der Waals surface area contributed by atoms with Crippen LogP contribution in [0.5, 0.6) is 0 Å². The Balaban J connectivity index is 2.39. The molecule has 1 amide bonds. The first kappa shape index (κ1) is 14.4. The topological polar surface area (TPSA) is 127 Å². The summed E-state index contributed by atoms with van der Waals surface area (Å²) in [5, 5.41) is 26.0. The van der Waals surface area contributed by atoms with Crippen molar-refractivity contribution < 1.29 is 9.72 Å². The first-order valence-corrected chi connectivity index (χ1v) is 5.85. The summed E-state index contributed by atoms with van der Waals surface area (Å²) in [6.45, 7) is 0. The number of hydrogen-bond donors (Lipinski definition) is 1. The average Bonchev–Trinajstić information content (AvgIpc) is 2.78. The third kappa shape index (κ3) is 2.96. The Morgan fingerprint density at radius 3 is 2.95 bits per heavy atom. The summed E-state index contributed by atoms with van der Waals surface area (Å²) in [6.07, 6.45) is 2.30. The minimum Gasteiger partial charge on any atom is -0.304 e. The molecule has 0 bridgehead atoms. The number of nitrogens with zero attached hydrogens (tertiary/aromatic N) is 5. The Hall–Kier alpha value is -2.99. The van der Waals surface area contributed by atoms with Gasteiger partial charge in [0.2, 0.25) is 0 Å². The zero-order valence-electron chi connectivity index (χ0n) is 10.6. The number of halogens is 1. The number of aromatic nitrogens is 3. The number of carbonyl (C=O) groups excluding carboxylic acids is 1. The summed E-state index contributed by atoms with van der Waals surface area (Å²) in [7, 11) is 1.57. The van der Waals surface area contributed by atoms with Crippen LogP contribution in [0.3, 0.4) is 0 Å². The van der Waals surface area contributed by atoms with Crippen LogP contribution in [0.1, 0.15) is 15.9 Å². The molecule has 10 heteroatoms. The Bertz CT molecular complexity index is 779. The molecule has 0 aromatic carbocycles. The lowest BCUT2D eigenvalue weighted by molar-refractivity contribution is -0.385. The van der Waals surface area contributed by atoms with Crippen LogP contribution in [0.15, 0.2) is 18.5 Å². The van der Waals surface area contributed by atoms with Gasteiger partial charge in [0, 0.05) is 13.2 Å². The lowest BCUT2D eigenvalue weighted by atomic mass is 10.2. The first-order chi connectivity index (χ1) is 9.92. The van der Waals surface area contributed by atoms with Crippen molar-refractivity contribution in [3.05, 3.63) is 44.9 Å². The van der Waals surface area contributed by atoms with Gasteiger partial charge in [-0.3, -0.25) is 19.6 Å². The SMILES string of the molecule is Cn1cc(C#N)c(NC(=O)c2cc(Cl)ncc2[N+](=O)[O-])n1. The normalized spacial score (nSPS) is 9.95. The highest BCUT2D eigenvalue weighted by atomic mass is 35.5. The van der Waals surface area contributed by atoms with E-state index in [0.29, 0.717) is 0 Å². The smallest absolute Gasteiger partial charge is 0.300 e. The molecule has 21 heavy (non-hydrogen) atoms. The molecule has 0 spiro atoms. The molecule has 2 rings (SSSR count). The van der Waals surface area contributed by atoms with Crippen LogP contribution >= 0.6 is 11.6 Å². The average molecular weight is 307 g/mol. The number of amides is 1. The predicted molar refractivity (Wildman–Crippen MR) is 71.8 cm³/mol. The van der Waals surface area contributed by atoms with E-state index in [4.69, 9.17) is 16.9 Å². The summed E-state index contributed by atoms with van der Waals surface area (Å²) >= 11 is 5.65. The number of rotatable bonds is 3. The molecule has 0 aliphatic rings. The number of nitriles is 1. The second-order valence-electron chi connectivity index (χ2n) is 3.91. The van der Waals surface area contributed by atoms with Gasteiger partial charge < -0.3 is 5.32 Å². The van der Waals surface area contributed by atoms with Crippen molar-refractivity contribution in [3.63, 3.8) is 0 Å². The number of aryl methyl sites for hydroxylation is 1. The highest BCUT2D eigenvalue weighted by Crippen LogP contribution is 2.22. The Morgan fingerprint density at radius 1 is 1.62 bits per heavy atom. The maximum atomic E-state index is 12.1. The van der Waals surface area contributed by atoms with E-state index in [1.807, 2.05) is 6.07 Å². The number of anilines is 1. The first-order valence-electron chi connectivity index (χ1n) is 5.47. The molecule has 2 aromatic heterocycles. The Morgan fingerprint density at radius 2 is 2.33 bits per heavy atom. The molecule has 0 saturated heterocycles. The molecule has 2 heterocycles. The number of pyridine rings is 1. The van der Waals surface area contributed by atoms with Crippen molar-refractivity contribution in [3.8, 4) is 6.07 Å². The summed E-state index contributed by atoms with van der Waals surface area (Å²) in [4.78, 5) is 25.8. The molecule has 0 atom stereocenters. The van der Waals surface area contributed by atoms with Gasteiger partial charge in [-0.05, 0) is 6.07 Å². The van der Waals surface area contributed by atoms with Crippen molar-refractivity contribution in [1.29, 1.82) is 5.26 Å². The minimum absolute atomic E-state index is 0.00670. The van der Waals surface area contributed by atoms with Crippen LogP contribution < -0.4 is 5.32 Å². The molecular formula is C11H7ClN6O3. The number of hydrogen-bond acceptors (Lipinski definition) is 6. The largest absolute Gasteiger partial charge is 0.304 e. The quantitative estimate of drug-likeness (QED) is 0.520. The van der Waals surface area contributed by atoms with Gasteiger partial charge in [0.1, 0.15) is 28.5 Å². The predicted octanol–water partition coefficient (Wildman–Crippen LogP) is 1.50. The lowest BCUT2D eigenvalue weighted by Crippen LogP contribution is -2.15. The molecular weight excluding hydrogens is 300 g/mol. The molecule has 0 saturated carbocycles. The molecule has 0 radical (unpaired) electrons. The van der Waals surface area contributed by atoms with Crippen LogP contribution in [0.2, 0.25) is 5.15 Å². The number of nitrogens with one attached hydrogen (secondary N) is 1. The molecule has 106 valence electrons. The minimum atomic E-state index is -0.804. The fraction of sp³-hybridized carbons (Fsp3) is 0.0909. The lowest BCUT2D eigenvalue weighted by Gasteiger charge is -2.03. The highest BCUT2D eigenvalue weighted by Gasteiger charge is 2.23. The summed E-state index contributed by atoms with van der Waals surface area (Å²) in [5.74, 6) is -0.798. The monoisotopic (exact) mass is 306 g/mol. The highest BCUT2D eigenvalue weighted by molar-refractivity contribution is 6.30. The molecule has 0 unspecified atom stereocenters. The van der Waals surface area contributed by atoms with Crippen LogP contribution in [0, 0.1) is 21.4 Å². The summed E-state index contributed by atoms with van der Waals surface area (Å²) in [5.41, 5.74) is -0.630. The van der Waals surface area contributed by atoms with Crippen molar-refractivity contribution >= 4 is 29.0 Å². The van der Waals surface area contributed by atoms with Crippen LogP contribution in [0.4, 0.5) is 11.5 Å². The molecule has 2 aromatic rings. The van der Waals surface area contributed by atoms with Crippen molar-refractivity contribution in [1.82, 2.24) is 14.8 Å². The molecule has 0 aliphatic heterocycles. The van der Waals surface area contributed by atoms with E-state index in [0.717, 1.165) is 12.3 Å². The van der Waals surface area contributed by atoms with E-state index in [1.165, 1.54) is 10.9 Å². The van der Waals surface area contributed by atoms with E-state index in [9.17, 15) is 14.9 Å². The summed E-state index contributed by atoms with van der Waals surface area (Å²) in [6, 6.07) is 2.93. The Labute approximate surface area is 122 Å². The molecule has 1 N–H and O–H groups in total. The van der Waals surface area contributed by atoms with E-state index in [-0.39, 0.29) is 22.1 Å². The summed E-state index contributed by atoms with van der Waals surface area (Å²) < 4.78 is 1.34. The fourth-order valence-corrected chi connectivity index (χ4v) is 1.75. The van der Waals surface area contributed by atoms with Gasteiger partial charge in [-0.1, -0.05) is 11.6 Å². The maximum absolute atomic E-state index is 12.1. The van der Waals surface area contributed by atoms with Crippen LogP contribution in [-0.4, -0.2) is 25.6 Å². The van der Waals surface area contributed by atoms with E-state index in [1.54, 1.807) is 7.05 Å². The van der Waals surface area contributed by atoms with Gasteiger partial charge in [-0.15, -0.1) is 0 Å². The second kappa shape index (κ2) is 5.56. The second-order valence-corrected chi connectivity index (χ2v) is 4.30. The number of carbonyl (C=O) groups is 1. The van der Waals surface area contributed by atoms with Gasteiger partial charge in [0.25, 0.3) is 11.6 Å². The van der Waals surface area contributed by atoms with Crippen LogP contribution in [-0.2, 0) is 7.05 Å². The molecule has 0 aliphatic carbocycles. The zero-order valence-corrected chi connectivity index (χ0v) is 11.3. The van der Waals surface area contributed by atoms with Gasteiger partial charge in [-0.2, -0.15) is 10.4 Å². The van der Waals surface area contributed by atoms with Gasteiger partial charge in [-0.25, -0.2) is 4.98 Å². The third-order valence-electron chi connectivity index (χ3n) is 2.47. The van der Waals surface area contributed by atoms with E-state index < -0.39 is 16.5 Å².